The van der Waals surface area contributed by atoms with Gasteiger partial charge in [-0.15, -0.1) is 0 Å². The molecule has 0 fully saturated rings. The summed E-state index contributed by atoms with van der Waals surface area (Å²) < 4.78 is 0. The largest absolute Gasteiger partial charge is 2.00 e. The molecule has 68 valence electrons. The second-order valence-corrected chi connectivity index (χ2v) is 1.64. The van der Waals surface area contributed by atoms with Crippen LogP contribution in [0.25, 0.3) is 0 Å². The molecular formula is C8H10MgO4. The van der Waals surface area contributed by atoms with Gasteiger partial charge < -0.3 is 19.8 Å². The molecule has 0 N–H and O–H groups in total. The minimum Gasteiger partial charge on any atom is -0.545 e. The van der Waals surface area contributed by atoms with Gasteiger partial charge in [0.1, 0.15) is 0 Å². The van der Waals surface area contributed by atoms with Crippen molar-refractivity contribution >= 4 is 35.0 Å². The first-order valence-electron chi connectivity index (χ1n) is 3.22. The van der Waals surface area contributed by atoms with Crippen molar-refractivity contribution in [2.45, 2.75) is 13.8 Å². The Balaban J connectivity index is -0.000000143. The molecule has 0 saturated carbocycles. The molecule has 0 aliphatic heterocycles. The maximum atomic E-state index is 9.40. The average Bonchev–Trinajstić information content (AvgIpc) is 1.87. The summed E-state index contributed by atoms with van der Waals surface area (Å²) in [6.45, 7) is 3.24. The van der Waals surface area contributed by atoms with Crippen LogP contribution < -0.4 is 10.2 Å². The number of carboxylic acid groups (broad SMARTS) is 2. The van der Waals surface area contributed by atoms with Crippen molar-refractivity contribution in [2.24, 2.45) is 0 Å². The Morgan fingerprint density at radius 3 is 1.15 bits per heavy atom. The van der Waals surface area contributed by atoms with Crippen molar-refractivity contribution in [3.05, 3.63) is 24.3 Å². The predicted molar refractivity (Wildman–Crippen MR) is 45.4 cm³/mol. The number of aliphatic carboxylic acids is 2. The first kappa shape index (κ1) is 18.1. The van der Waals surface area contributed by atoms with E-state index in [4.69, 9.17) is 0 Å². The summed E-state index contributed by atoms with van der Waals surface area (Å²) in [5.41, 5.74) is 0. The van der Waals surface area contributed by atoms with Crippen LogP contribution in [0.15, 0.2) is 24.3 Å². The van der Waals surface area contributed by atoms with Gasteiger partial charge in [0.15, 0.2) is 0 Å². The second kappa shape index (κ2) is 13.8. The number of carbonyl (C=O) groups excluding carboxylic acids is 2. The fraction of sp³-hybridized carbons (Fsp3) is 0.250. The molecule has 5 heteroatoms. The van der Waals surface area contributed by atoms with E-state index in [1.54, 1.807) is 13.8 Å². The van der Waals surface area contributed by atoms with E-state index in [0.717, 1.165) is 12.2 Å². The SMILES string of the molecule is C/C=C\C(=O)[O-].C/C=C\C(=O)[O-].[Mg+2]. The van der Waals surface area contributed by atoms with Crippen molar-refractivity contribution < 1.29 is 19.8 Å². The fourth-order valence-corrected chi connectivity index (χ4v) is 0.272. The number of hydrogen-bond donors (Lipinski definition) is 0. The van der Waals surface area contributed by atoms with Crippen molar-refractivity contribution in [2.75, 3.05) is 0 Å². The van der Waals surface area contributed by atoms with Crippen LogP contribution in [0.3, 0.4) is 0 Å². The summed E-state index contributed by atoms with van der Waals surface area (Å²) in [6.07, 6.45) is 4.77. The third-order valence-electron chi connectivity index (χ3n) is 0.605. The Hall–Kier alpha value is -0.814. The van der Waals surface area contributed by atoms with Gasteiger partial charge in [0.25, 0.3) is 0 Å². The summed E-state index contributed by atoms with van der Waals surface area (Å²) in [4.78, 5) is 18.8. The molecule has 0 aromatic carbocycles. The molecular weight excluding hydrogens is 184 g/mol. The standard InChI is InChI=1S/2C4H6O2.Mg/c2*1-2-3-4(5)6;/h2*2-3H,1H3,(H,5,6);/q;;+2/p-2/b2*3-2-;. The van der Waals surface area contributed by atoms with Gasteiger partial charge in [-0.05, 0) is 26.0 Å². The van der Waals surface area contributed by atoms with E-state index < -0.39 is 11.9 Å². The van der Waals surface area contributed by atoms with Crippen LogP contribution in [0.5, 0.6) is 0 Å². The molecule has 4 nitrogen and oxygen atoms in total. The Bertz CT molecular complexity index is 174. The third kappa shape index (κ3) is 35.1. The first-order chi connectivity index (χ1) is 5.54. The smallest absolute Gasteiger partial charge is 0.545 e. The summed E-state index contributed by atoms with van der Waals surface area (Å²) >= 11 is 0. The number of carbonyl (C=O) groups is 2. The minimum atomic E-state index is -1.14. The maximum absolute atomic E-state index is 9.40. The van der Waals surface area contributed by atoms with Crippen LogP contribution in [-0.2, 0) is 9.59 Å². The Labute approximate surface area is 93.1 Å². The Morgan fingerprint density at radius 2 is 1.15 bits per heavy atom. The van der Waals surface area contributed by atoms with Crippen LogP contribution in [0.1, 0.15) is 13.8 Å². The fourth-order valence-electron chi connectivity index (χ4n) is 0.272. The van der Waals surface area contributed by atoms with Crippen molar-refractivity contribution in [3.63, 3.8) is 0 Å². The molecule has 0 amide bonds. The van der Waals surface area contributed by atoms with Crippen LogP contribution >= 0.6 is 0 Å². The molecule has 0 aliphatic carbocycles. The quantitative estimate of drug-likeness (QED) is 0.385. The van der Waals surface area contributed by atoms with E-state index in [9.17, 15) is 19.8 Å². The summed E-state index contributed by atoms with van der Waals surface area (Å²) in [5, 5.41) is 18.8. The summed E-state index contributed by atoms with van der Waals surface area (Å²) in [6, 6.07) is 0. The monoisotopic (exact) mass is 194 g/mol. The summed E-state index contributed by atoms with van der Waals surface area (Å²) in [5.74, 6) is -2.28. The van der Waals surface area contributed by atoms with Gasteiger partial charge >= 0.3 is 23.1 Å². The van der Waals surface area contributed by atoms with Gasteiger partial charge in [0.05, 0.1) is 11.9 Å². The minimum absolute atomic E-state index is 0. The molecule has 0 radical (unpaired) electrons. The predicted octanol–water partition coefficient (Wildman–Crippen LogP) is -1.76. The Kier molecular flexibility index (Phi) is 19.1. The van der Waals surface area contributed by atoms with Crippen molar-refractivity contribution in [1.82, 2.24) is 0 Å². The second-order valence-electron chi connectivity index (χ2n) is 1.64. The molecule has 0 aromatic heterocycles. The Morgan fingerprint density at radius 1 is 0.923 bits per heavy atom. The van der Waals surface area contributed by atoms with Gasteiger partial charge in [-0.2, -0.15) is 0 Å². The molecule has 0 aliphatic rings. The molecule has 0 rings (SSSR count). The van der Waals surface area contributed by atoms with Gasteiger partial charge in [-0.25, -0.2) is 0 Å². The van der Waals surface area contributed by atoms with E-state index in [2.05, 4.69) is 0 Å². The molecule has 0 unspecified atom stereocenters. The van der Waals surface area contributed by atoms with E-state index in [1.807, 2.05) is 0 Å². The van der Waals surface area contributed by atoms with E-state index >= 15 is 0 Å². The van der Waals surface area contributed by atoms with Gasteiger partial charge in [-0.3, -0.25) is 0 Å². The zero-order valence-corrected chi connectivity index (χ0v) is 9.06. The third-order valence-corrected chi connectivity index (χ3v) is 0.605. The van der Waals surface area contributed by atoms with Gasteiger partial charge in [0, 0.05) is 0 Å². The summed E-state index contributed by atoms with van der Waals surface area (Å²) in [7, 11) is 0. The van der Waals surface area contributed by atoms with Gasteiger partial charge in [0.2, 0.25) is 0 Å². The number of allylic oxidation sites excluding steroid dienone is 2. The van der Waals surface area contributed by atoms with E-state index in [-0.39, 0.29) is 23.1 Å². The average molecular weight is 194 g/mol. The first-order valence-corrected chi connectivity index (χ1v) is 3.22. The molecule has 0 saturated heterocycles. The van der Waals surface area contributed by atoms with Crippen LogP contribution in [0.4, 0.5) is 0 Å². The number of carboxylic acids is 2. The maximum Gasteiger partial charge on any atom is 2.00 e. The van der Waals surface area contributed by atoms with Crippen molar-refractivity contribution in [3.8, 4) is 0 Å². The molecule has 0 heterocycles. The molecule has 13 heavy (non-hydrogen) atoms. The number of rotatable bonds is 2. The zero-order valence-electron chi connectivity index (χ0n) is 7.65. The topological polar surface area (TPSA) is 80.3 Å². The zero-order chi connectivity index (χ0) is 9.98. The van der Waals surface area contributed by atoms with Crippen LogP contribution in [0, 0.1) is 0 Å². The van der Waals surface area contributed by atoms with E-state index in [0.29, 0.717) is 0 Å². The molecule has 0 atom stereocenters. The molecule has 0 spiro atoms. The normalized spacial score (nSPS) is 8.77. The van der Waals surface area contributed by atoms with Crippen molar-refractivity contribution in [1.29, 1.82) is 0 Å². The number of hydrogen-bond acceptors (Lipinski definition) is 4. The van der Waals surface area contributed by atoms with Gasteiger partial charge in [-0.1, -0.05) is 12.2 Å². The molecule has 0 bridgehead atoms. The molecule has 0 aromatic rings. The van der Waals surface area contributed by atoms with Crippen LogP contribution in [-0.4, -0.2) is 35.0 Å². The van der Waals surface area contributed by atoms with Crippen LogP contribution in [0.2, 0.25) is 0 Å². The van der Waals surface area contributed by atoms with E-state index in [1.165, 1.54) is 12.2 Å².